The maximum absolute atomic E-state index is 14.7. The smallest absolute Gasteiger partial charge is 0.414 e. The molecule has 1 atom stereocenters. The Labute approximate surface area is 205 Å². The van der Waals surface area contributed by atoms with Crippen molar-refractivity contribution in [2.75, 3.05) is 42.9 Å². The van der Waals surface area contributed by atoms with Gasteiger partial charge in [0.05, 0.1) is 37.4 Å². The van der Waals surface area contributed by atoms with Crippen LogP contribution in [0.3, 0.4) is 0 Å². The highest BCUT2D eigenvalue weighted by molar-refractivity contribution is 5.90. The van der Waals surface area contributed by atoms with Crippen LogP contribution in [0.4, 0.5) is 29.3 Å². The first-order chi connectivity index (χ1) is 17.3. The highest BCUT2D eigenvalue weighted by atomic mass is 19.3. The number of pyridine rings is 1. The zero-order valence-electron chi connectivity index (χ0n) is 19.5. The van der Waals surface area contributed by atoms with Gasteiger partial charge in [0.25, 0.3) is 5.91 Å². The molecule has 1 aliphatic heterocycles. The van der Waals surface area contributed by atoms with Gasteiger partial charge in [-0.3, -0.25) is 24.5 Å². The maximum Gasteiger partial charge on any atom is 0.414 e. The number of carbonyl (C=O) groups excluding carboxylic acids is 3. The van der Waals surface area contributed by atoms with Gasteiger partial charge in [-0.1, -0.05) is 6.92 Å². The van der Waals surface area contributed by atoms with Crippen molar-refractivity contribution in [1.82, 2.24) is 20.7 Å². The van der Waals surface area contributed by atoms with Gasteiger partial charge in [-0.25, -0.2) is 14.6 Å². The Bertz CT molecular complexity index is 1060. The Morgan fingerprint density at radius 1 is 1.25 bits per heavy atom. The summed E-state index contributed by atoms with van der Waals surface area (Å²) in [6.07, 6.45) is -1.37. The molecule has 2 aromatic rings. The Kier molecular flexibility index (Phi) is 9.45. The van der Waals surface area contributed by atoms with E-state index >= 15 is 0 Å². The molecule has 1 fully saturated rings. The van der Waals surface area contributed by atoms with Gasteiger partial charge >= 0.3 is 12.5 Å². The second-order valence-electron chi connectivity index (χ2n) is 7.84. The SMILES string of the molecule is CCNN(CCNc1ccc(N2C[C@H](CNC(=O)C(F)F)OC2=O)cc1F)C(=O)Cc1ccncc1. The summed E-state index contributed by atoms with van der Waals surface area (Å²) in [4.78, 5) is 40.8. The van der Waals surface area contributed by atoms with Gasteiger partial charge in [-0.05, 0) is 35.9 Å². The number of amides is 3. The summed E-state index contributed by atoms with van der Waals surface area (Å²) < 4.78 is 44.4. The minimum absolute atomic E-state index is 0.0359. The van der Waals surface area contributed by atoms with Crippen molar-refractivity contribution in [3.8, 4) is 0 Å². The minimum atomic E-state index is -3.17. The Morgan fingerprint density at radius 3 is 2.67 bits per heavy atom. The molecule has 0 unspecified atom stereocenters. The lowest BCUT2D eigenvalue weighted by atomic mass is 10.2. The summed E-state index contributed by atoms with van der Waals surface area (Å²) in [5, 5.41) is 6.38. The van der Waals surface area contributed by atoms with Crippen LogP contribution in [0.5, 0.6) is 0 Å². The third-order valence-corrected chi connectivity index (χ3v) is 5.25. The quantitative estimate of drug-likeness (QED) is 0.375. The number of alkyl halides is 2. The third kappa shape index (κ3) is 7.31. The number of rotatable bonds is 12. The van der Waals surface area contributed by atoms with Gasteiger partial charge in [0.2, 0.25) is 5.91 Å². The van der Waals surface area contributed by atoms with E-state index in [0.717, 1.165) is 16.5 Å². The average molecular weight is 509 g/mol. The largest absolute Gasteiger partial charge is 0.442 e. The summed E-state index contributed by atoms with van der Waals surface area (Å²) in [5.74, 6) is -2.24. The Hall–Kier alpha value is -3.87. The fourth-order valence-corrected chi connectivity index (χ4v) is 3.50. The van der Waals surface area contributed by atoms with Crippen LogP contribution in [0.2, 0.25) is 0 Å². The molecule has 1 aromatic heterocycles. The topological polar surface area (TPSA) is 116 Å². The number of hydrogen-bond donors (Lipinski definition) is 3. The average Bonchev–Trinajstić information content (AvgIpc) is 3.23. The number of carbonyl (C=O) groups is 3. The lowest BCUT2D eigenvalue weighted by Crippen LogP contribution is -2.46. The summed E-state index contributed by atoms with van der Waals surface area (Å²) in [6.45, 7) is 2.59. The predicted octanol–water partition coefficient (Wildman–Crippen LogP) is 1.93. The zero-order valence-corrected chi connectivity index (χ0v) is 19.5. The highest BCUT2D eigenvalue weighted by Crippen LogP contribution is 2.26. The molecular formula is C23H27F3N6O4. The standard InChI is InChI=1S/C23H27F3N6O4/c1-2-30-32(20(33)11-15-5-7-27-8-6-15)10-9-28-19-4-3-16(12-18(19)24)31-14-17(36-23(31)35)13-29-22(34)21(25)26/h3-8,12,17,21,28,30H,2,9-11,13-14H2,1H3,(H,29,34)/t17-/m0/s1. The lowest BCUT2D eigenvalue weighted by molar-refractivity contribution is -0.133. The van der Waals surface area contributed by atoms with Crippen molar-refractivity contribution in [2.24, 2.45) is 0 Å². The van der Waals surface area contributed by atoms with Crippen LogP contribution in [0.15, 0.2) is 42.7 Å². The number of benzene rings is 1. The fraction of sp³-hybridized carbons (Fsp3) is 0.391. The second-order valence-corrected chi connectivity index (χ2v) is 7.84. The molecule has 3 amide bonds. The Morgan fingerprint density at radius 2 is 2.00 bits per heavy atom. The summed E-state index contributed by atoms with van der Waals surface area (Å²) in [5.41, 5.74) is 4.20. The summed E-state index contributed by atoms with van der Waals surface area (Å²) in [6, 6.07) is 7.61. The van der Waals surface area contributed by atoms with Crippen LogP contribution < -0.4 is 21.0 Å². The molecule has 0 bridgehead atoms. The van der Waals surface area contributed by atoms with E-state index in [4.69, 9.17) is 4.74 Å². The van der Waals surface area contributed by atoms with Crippen LogP contribution in [-0.4, -0.2) is 73.2 Å². The van der Waals surface area contributed by atoms with E-state index in [9.17, 15) is 27.6 Å². The van der Waals surface area contributed by atoms with Crippen LogP contribution in [0.1, 0.15) is 12.5 Å². The van der Waals surface area contributed by atoms with Gasteiger partial charge in [-0.2, -0.15) is 8.78 Å². The maximum atomic E-state index is 14.7. The molecule has 3 N–H and O–H groups in total. The predicted molar refractivity (Wildman–Crippen MR) is 125 cm³/mol. The van der Waals surface area contributed by atoms with Gasteiger partial charge in [0, 0.05) is 25.5 Å². The minimum Gasteiger partial charge on any atom is -0.442 e. The van der Waals surface area contributed by atoms with Gasteiger partial charge < -0.3 is 15.4 Å². The summed E-state index contributed by atoms with van der Waals surface area (Å²) in [7, 11) is 0. The lowest BCUT2D eigenvalue weighted by Gasteiger charge is -2.23. The van der Waals surface area contributed by atoms with Crippen molar-refractivity contribution in [3.05, 3.63) is 54.1 Å². The second kappa shape index (κ2) is 12.7. The molecule has 1 aliphatic rings. The van der Waals surface area contributed by atoms with Crippen molar-refractivity contribution in [1.29, 1.82) is 0 Å². The van der Waals surface area contributed by atoms with Crippen LogP contribution in [0, 0.1) is 5.82 Å². The van der Waals surface area contributed by atoms with E-state index in [-0.39, 0.29) is 49.9 Å². The number of ether oxygens (including phenoxy) is 1. The number of hydrazine groups is 1. The molecular weight excluding hydrogens is 481 g/mol. The number of nitrogens with zero attached hydrogens (tertiary/aromatic N) is 3. The van der Waals surface area contributed by atoms with Crippen LogP contribution in [-0.2, 0) is 20.7 Å². The normalized spacial score (nSPS) is 15.1. The Balaban J connectivity index is 1.53. The molecule has 0 aliphatic carbocycles. The van der Waals surface area contributed by atoms with Crippen molar-refractivity contribution in [2.45, 2.75) is 25.9 Å². The first-order valence-electron chi connectivity index (χ1n) is 11.3. The van der Waals surface area contributed by atoms with E-state index in [1.807, 2.05) is 12.2 Å². The molecule has 3 rings (SSSR count). The highest BCUT2D eigenvalue weighted by Gasteiger charge is 2.33. The number of hydrogen-bond acceptors (Lipinski definition) is 7. The van der Waals surface area contributed by atoms with Gasteiger partial charge in [-0.15, -0.1) is 0 Å². The van der Waals surface area contributed by atoms with Crippen LogP contribution >= 0.6 is 0 Å². The zero-order chi connectivity index (χ0) is 26.1. The molecule has 1 aromatic carbocycles. The molecule has 13 heteroatoms. The van der Waals surface area contributed by atoms with E-state index in [0.29, 0.717) is 6.54 Å². The first kappa shape index (κ1) is 26.7. The molecule has 0 saturated carbocycles. The number of cyclic esters (lactones) is 1. The number of nitrogens with one attached hydrogen (secondary N) is 3. The van der Waals surface area contributed by atoms with E-state index < -0.39 is 30.3 Å². The van der Waals surface area contributed by atoms with Gasteiger partial charge in [0.15, 0.2) is 0 Å². The first-order valence-corrected chi connectivity index (χ1v) is 11.3. The number of anilines is 2. The summed E-state index contributed by atoms with van der Waals surface area (Å²) >= 11 is 0. The molecule has 36 heavy (non-hydrogen) atoms. The van der Waals surface area contributed by atoms with Crippen molar-refractivity contribution >= 4 is 29.3 Å². The van der Waals surface area contributed by atoms with Crippen molar-refractivity contribution < 1.29 is 32.3 Å². The molecule has 1 saturated heterocycles. The monoisotopic (exact) mass is 508 g/mol. The van der Waals surface area contributed by atoms with E-state index in [2.05, 4.69) is 15.7 Å². The van der Waals surface area contributed by atoms with E-state index in [1.54, 1.807) is 24.5 Å². The van der Waals surface area contributed by atoms with Crippen LogP contribution in [0.25, 0.3) is 0 Å². The van der Waals surface area contributed by atoms with Crippen molar-refractivity contribution in [3.63, 3.8) is 0 Å². The number of halogens is 3. The van der Waals surface area contributed by atoms with E-state index in [1.165, 1.54) is 17.1 Å². The molecule has 194 valence electrons. The third-order valence-electron chi connectivity index (χ3n) is 5.25. The molecule has 10 nitrogen and oxygen atoms in total. The fourth-order valence-electron chi connectivity index (χ4n) is 3.50. The molecule has 0 spiro atoms. The number of aromatic nitrogens is 1. The molecule has 2 heterocycles. The molecule has 0 radical (unpaired) electrons. The van der Waals surface area contributed by atoms with Gasteiger partial charge in [0.1, 0.15) is 11.9 Å².